The largest absolute Gasteiger partial charge is 0.367 e. The second kappa shape index (κ2) is 8.67. The Morgan fingerprint density at radius 3 is 2.52 bits per heavy atom. The first-order valence-electron chi connectivity index (χ1n) is 9.01. The van der Waals surface area contributed by atoms with Crippen molar-refractivity contribution in [3.05, 3.63) is 64.7 Å². The van der Waals surface area contributed by atoms with Gasteiger partial charge in [0.1, 0.15) is 17.7 Å². The maximum atomic E-state index is 13.8. The van der Waals surface area contributed by atoms with Crippen molar-refractivity contribution in [2.24, 2.45) is 0 Å². The quantitative estimate of drug-likeness (QED) is 0.846. The summed E-state index contributed by atoms with van der Waals surface area (Å²) in [6.45, 7) is 4.71. The van der Waals surface area contributed by atoms with Gasteiger partial charge >= 0.3 is 0 Å². The van der Waals surface area contributed by atoms with Crippen LogP contribution in [0, 0.1) is 11.6 Å². The van der Waals surface area contributed by atoms with Gasteiger partial charge in [0.05, 0.1) is 10.7 Å². The molecule has 7 heteroatoms. The highest BCUT2D eigenvalue weighted by Crippen LogP contribution is 2.26. The lowest BCUT2D eigenvalue weighted by Crippen LogP contribution is -2.87. The van der Waals surface area contributed by atoms with E-state index < -0.39 is 11.6 Å². The van der Waals surface area contributed by atoms with Crippen LogP contribution in [0.2, 0.25) is 5.02 Å². The molecule has 1 aliphatic rings. The van der Waals surface area contributed by atoms with E-state index in [1.165, 1.54) is 12.1 Å². The van der Waals surface area contributed by atoms with E-state index in [4.69, 9.17) is 11.6 Å². The van der Waals surface area contributed by atoms with Crippen molar-refractivity contribution in [1.82, 2.24) is 4.90 Å². The van der Waals surface area contributed by atoms with Gasteiger partial charge in [0.25, 0.3) is 5.91 Å². The molecule has 1 aliphatic heterocycles. The van der Waals surface area contributed by atoms with Gasteiger partial charge in [-0.05, 0) is 31.2 Å². The van der Waals surface area contributed by atoms with Crippen LogP contribution in [0.15, 0.2) is 42.5 Å². The predicted molar refractivity (Wildman–Crippen MR) is 102 cm³/mol. The normalized spacial score (nSPS) is 15.7. The maximum absolute atomic E-state index is 13.8. The summed E-state index contributed by atoms with van der Waals surface area (Å²) < 4.78 is 26.9. The Kier molecular flexibility index (Phi) is 6.29. The summed E-state index contributed by atoms with van der Waals surface area (Å²) in [5.41, 5.74) is 1.38. The molecule has 0 aromatic heterocycles. The Labute approximate surface area is 162 Å². The molecular formula is C20H23ClF2N3O+. The maximum Gasteiger partial charge on any atom is 0.277 e. The molecule has 1 amide bonds. The zero-order chi connectivity index (χ0) is 19.4. The molecule has 27 heavy (non-hydrogen) atoms. The molecule has 0 unspecified atom stereocenters. The Bertz CT molecular complexity index is 810. The first-order chi connectivity index (χ1) is 13.0. The standard InChI is InChI=1S/C20H22ClF2N3O/c1-14(16-7-6-15(22)12-18(16)23)24-13-20(27)26-10-8-25(9-11-26)19-5-3-2-4-17(19)21/h2-7,12,14,24H,8-11,13H2,1H3/p+1/t14-/m0/s1. The molecule has 1 saturated heterocycles. The van der Waals surface area contributed by atoms with Crippen LogP contribution < -0.4 is 10.2 Å². The lowest BCUT2D eigenvalue weighted by atomic mass is 10.1. The van der Waals surface area contributed by atoms with Gasteiger partial charge in [-0.25, -0.2) is 8.78 Å². The van der Waals surface area contributed by atoms with E-state index in [-0.39, 0.29) is 18.5 Å². The van der Waals surface area contributed by atoms with E-state index >= 15 is 0 Å². The van der Waals surface area contributed by atoms with Crippen LogP contribution in [0.3, 0.4) is 0 Å². The molecule has 4 nitrogen and oxygen atoms in total. The van der Waals surface area contributed by atoms with Gasteiger partial charge in [-0.3, -0.25) is 4.79 Å². The summed E-state index contributed by atoms with van der Waals surface area (Å²) in [5, 5.41) is 2.49. The topological polar surface area (TPSA) is 40.2 Å². The summed E-state index contributed by atoms with van der Waals surface area (Å²) in [7, 11) is 0. The minimum atomic E-state index is -0.601. The van der Waals surface area contributed by atoms with Gasteiger partial charge in [0.15, 0.2) is 6.54 Å². The summed E-state index contributed by atoms with van der Waals surface area (Å²) in [4.78, 5) is 16.5. The smallest absolute Gasteiger partial charge is 0.277 e. The summed E-state index contributed by atoms with van der Waals surface area (Å²) in [6, 6.07) is 11.0. The van der Waals surface area contributed by atoms with Crippen molar-refractivity contribution in [3.63, 3.8) is 0 Å². The van der Waals surface area contributed by atoms with E-state index in [1.807, 2.05) is 29.2 Å². The highest BCUT2D eigenvalue weighted by Gasteiger charge is 2.24. The monoisotopic (exact) mass is 394 g/mol. The van der Waals surface area contributed by atoms with E-state index in [9.17, 15) is 13.6 Å². The van der Waals surface area contributed by atoms with E-state index in [2.05, 4.69) is 4.90 Å². The van der Waals surface area contributed by atoms with E-state index in [1.54, 1.807) is 12.2 Å². The Morgan fingerprint density at radius 2 is 1.85 bits per heavy atom. The Balaban J connectivity index is 1.50. The number of hydrogen-bond acceptors (Lipinski definition) is 2. The second-order valence-electron chi connectivity index (χ2n) is 6.71. The fourth-order valence-corrected chi connectivity index (χ4v) is 3.56. The van der Waals surface area contributed by atoms with Gasteiger partial charge < -0.3 is 15.1 Å². The van der Waals surface area contributed by atoms with Gasteiger partial charge in [0, 0.05) is 37.8 Å². The number of nitrogens with two attached hydrogens (primary N) is 1. The van der Waals surface area contributed by atoms with Gasteiger partial charge in [-0.15, -0.1) is 0 Å². The lowest BCUT2D eigenvalue weighted by molar-refractivity contribution is -0.683. The van der Waals surface area contributed by atoms with E-state index in [0.29, 0.717) is 23.7 Å². The minimum absolute atomic E-state index is 0.0168. The van der Waals surface area contributed by atoms with Crippen LogP contribution in [0.5, 0.6) is 0 Å². The summed E-state index contributed by atoms with van der Waals surface area (Å²) >= 11 is 6.24. The minimum Gasteiger partial charge on any atom is -0.367 e. The number of quaternary nitrogens is 1. The van der Waals surface area contributed by atoms with Crippen molar-refractivity contribution in [2.75, 3.05) is 37.6 Å². The molecule has 3 rings (SSSR count). The highest BCUT2D eigenvalue weighted by atomic mass is 35.5. The van der Waals surface area contributed by atoms with Crippen LogP contribution in [-0.2, 0) is 4.79 Å². The number of amides is 1. The zero-order valence-electron chi connectivity index (χ0n) is 15.2. The molecule has 0 bridgehead atoms. The highest BCUT2D eigenvalue weighted by molar-refractivity contribution is 6.33. The number of halogens is 3. The molecule has 2 N–H and O–H groups in total. The molecule has 1 atom stereocenters. The molecule has 1 heterocycles. The molecule has 0 aliphatic carbocycles. The van der Waals surface area contributed by atoms with Gasteiger partial charge in [-0.1, -0.05) is 23.7 Å². The van der Waals surface area contributed by atoms with Crippen LogP contribution >= 0.6 is 11.6 Å². The molecular weight excluding hydrogens is 372 g/mol. The van der Waals surface area contributed by atoms with Crippen LogP contribution in [0.25, 0.3) is 0 Å². The van der Waals surface area contributed by atoms with Crippen LogP contribution in [-0.4, -0.2) is 43.5 Å². The van der Waals surface area contributed by atoms with Crippen molar-refractivity contribution in [2.45, 2.75) is 13.0 Å². The SMILES string of the molecule is C[C@H]([NH2+]CC(=O)N1CCN(c2ccccc2Cl)CC1)c1ccc(F)cc1F. The summed E-state index contributed by atoms with van der Waals surface area (Å²) in [5.74, 6) is -1.17. The third kappa shape index (κ3) is 4.76. The molecule has 2 aromatic carbocycles. The predicted octanol–water partition coefficient (Wildman–Crippen LogP) is 2.59. The van der Waals surface area contributed by atoms with Crippen molar-refractivity contribution >= 4 is 23.2 Å². The number of nitrogens with zero attached hydrogens (tertiary/aromatic N) is 2. The second-order valence-corrected chi connectivity index (χ2v) is 7.12. The number of anilines is 1. The third-order valence-corrected chi connectivity index (χ3v) is 5.24. The fourth-order valence-electron chi connectivity index (χ4n) is 3.31. The van der Waals surface area contributed by atoms with Crippen molar-refractivity contribution in [3.8, 4) is 0 Å². The molecule has 1 fully saturated rings. The molecule has 2 aromatic rings. The number of para-hydroxylation sites is 1. The molecule has 0 spiro atoms. The first-order valence-corrected chi connectivity index (χ1v) is 9.39. The number of rotatable bonds is 5. The number of hydrogen-bond donors (Lipinski definition) is 1. The van der Waals surface area contributed by atoms with Crippen molar-refractivity contribution < 1.29 is 18.9 Å². The first kappa shape index (κ1) is 19.6. The number of carbonyl (C=O) groups excluding carboxylic acids is 1. The van der Waals surface area contributed by atoms with Gasteiger partial charge in [-0.2, -0.15) is 0 Å². The molecule has 0 saturated carbocycles. The molecule has 144 valence electrons. The van der Waals surface area contributed by atoms with Crippen LogP contribution in [0.4, 0.5) is 14.5 Å². The Hall–Kier alpha value is -2.18. The average Bonchev–Trinajstić information content (AvgIpc) is 2.66. The van der Waals surface area contributed by atoms with E-state index in [0.717, 1.165) is 24.8 Å². The average molecular weight is 395 g/mol. The lowest BCUT2D eigenvalue weighted by Gasteiger charge is -2.36. The summed E-state index contributed by atoms with van der Waals surface area (Å²) in [6.07, 6.45) is 0. The third-order valence-electron chi connectivity index (χ3n) is 4.92. The zero-order valence-corrected chi connectivity index (χ0v) is 15.9. The number of benzene rings is 2. The fraction of sp³-hybridized carbons (Fsp3) is 0.350. The van der Waals surface area contributed by atoms with Crippen molar-refractivity contribution in [1.29, 1.82) is 0 Å². The molecule has 0 radical (unpaired) electrons. The van der Waals surface area contributed by atoms with Crippen LogP contribution in [0.1, 0.15) is 18.5 Å². The van der Waals surface area contributed by atoms with Gasteiger partial charge in [0.2, 0.25) is 0 Å². The Morgan fingerprint density at radius 1 is 1.15 bits per heavy atom. The number of piperazine rings is 1. The number of carbonyl (C=O) groups is 1.